The van der Waals surface area contributed by atoms with Crippen molar-refractivity contribution in [3.8, 4) is 0 Å². The van der Waals surface area contributed by atoms with E-state index in [1.54, 1.807) is 37.3 Å². The van der Waals surface area contributed by atoms with Crippen LogP contribution in [0.25, 0.3) is 0 Å². The number of hydrogen-bond acceptors (Lipinski definition) is 6. The van der Waals surface area contributed by atoms with Gasteiger partial charge in [0.2, 0.25) is 0 Å². The van der Waals surface area contributed by atoms with Gasteiger partial charge in [0.15, 0.2) is 0 Å². The van der Waals surface area contributed by atoms with Gasteiger partial charge in [-0.15, -0.1) is 0 Å². The Balaban J connectivity index is 1.44. The van der Waals surface area contributed by atoms with E-state index in [1.165, 1.54) is 6.42 Å². The van der Waals surface area contributed by atoms with Crippen LogP contribution in [0.3, 0.4) is 0 Å². The Kier molecular flexibility index (Phi) is 8.78. The van der Waals surface area contributed by atoms with Crippen LogP contribution in [0.1, 0.15) is 59.7 Å². The molecule has 0 aliphatic carbocycles. The highest BCUT2D eigenvalue weighted by atomic mass is 16.5. The van der Waals surface area contributed by atoms with E-state index < -0.39 is 12.0 Å². The first kappa shape index (κ1) is 25.5. The molecule has 9 nitrogen and oxygen atoms in total. The van der Waals surface area contributed by atoms with Crippen LogP contribution >= 0.6 is 0 Å². The molecule has 1 unspecified atom stereocenters. The maximum atomic E-state index is 13.2. The first-order valence-electron chi connectivity index (χ1n) is 12.7. The zero-order valence-electron chi connectivity index (χ0n) is 20.7. The molecule has 2 saturated heterocycles. The second-order valence-electron chi connectivity index (χ2n) is 9.00. The van der Waals surface area contributed by atoms with Gasteiger partial charge in [0.25, 0.3) is 5.91 Å². The van der Waals surface area contributed by atoms with Crippen LogP contribution in [0, 0.1) is 0 Å². The van der Waals surface area contributed by atoms with Crippen molar-refractivity contribution in [2.75, 3.05) is 48.4 Å². The van der Waals surface area contributed by atoms with Gasteiger partial charge in [0.05, 0.1) is 23.8 Å². The van der Waals surface area contributed by atoms with Crippen molar-refractivity contribution in [3.63, 3.8) is 0 Å². The normalized spacial score (nSPS) is 17.4. The van der Waals surface area contributed by atoms with Gasteiger partial charge >= 0.3 is 12.0 Å². The Labute approximate surface area is 211 Å². The number of piperidine rings is 1. The Morgan fingerprint density at radius 2 is 1.69 bits per heavy atom. The molecule has 4 rings (SSSR count). The minimum atomic E-state index is -0.449. The third kappa shape index (κ3) is 6.75. The van der Waals surface area contributed by atoms with Gasteiger partial charge < -0.3 is 30.3 Å². The summed E-state index contributed by atoms with van der Waals surface area (Å²) in [5.74, 6) is -0.586. The van der Waals surface area contributed by atoms with E-state index in [0.29, 0.717) is 35.7 Å². The number of carbonyl (C=O) groups is 3. The van der Waals surface area contributed by atoms with Crippen LogP contribution < -0.4 is 20.9 Å². The molecule has 0 spiro atoms. The lowest BCUT2D eigenvalue weighted by molar-refractivity contribution is 0.0526. The minimum Gasteiger partial charge on any atom is -0.462 e. The number of rotatable bonds is 8. The van der Waals surface area contributed by atoms with Crippen molar-refractivity contribution in [2.24, 2.45) is 0 Å². The molecule has 2 aromatic rings. The number of hydrogen-bond donors (Lipinski definition) is 3. The Bertz CT molecular complexity index is 1060. The highest BCUT2D eigenvalue weighted by molar-refractivity contribution is 6.04. The van der Waals surface area contributed by atoms with Gasteiger partial charge in [-0.3, -0.25) is 4.79 Å². The van der Waals surface area contributed by atoms with E-state index in [1.807, 2.05) is 12.1 Å². The SMILES string of the molecule is CCOC(=O)c1ccc(NC(=O)Nc2ccc(N3CCCCC3)c(C(=O)NCC3CCCO3)c2)cc1. The fourth-order valence-electron chi connectivity index (χ4n) is 4.51. The standard InChI is InChI=1S/C27H34N4O5/c1-2-35-26(33)19-8-10-20(11-9-19)29-27(34)30-21-12-13-24(31-14-4-3-5-15-31)23(17-21)25(32)28-18-22-7-6-16-36-22/h8-13,17,22H,2-7,14-16,18H2,1H3,(H,28,32)(H2,29,30,34). The number of ether oxygens (including phenoxy) is 2. The van der Waals surface area contributed by atoms with Crippen LogP contribution in [0.5, 0.6) is 0 Å². The van der Waals surface area contributed by atoms with Gasteiger partial charge in [0, 0.05) is 43.3 Å². The molecule has 9 heteroatoms. The second kappa shape index (κ2) is 12.4. The fraction of sp³-hybridized carbons (Fsp3) is 0.444. The van der Waals surface area contributed by atoms with E-state index in [4.69, 9.17) is 9.47 Å². The molecule has 0 aromatic heterocycles. The molecule has 2 fully saturated rings. The number of benzene rings is 2. The summed E-state index contributed by atoms with van der Waals surface area (Å²) >= 11 is 0. The molecule has 2 aliphatic heterocycles. The molecular weight excluding hydrogens is 460 g/mol. The largest absolute Gasteiger partial charge is 0.462 e. The summed E-state index contributed by atoms with van der Waals surface area (Å²) in [7, 11) is 0. The summed E-state index contributed by atoms with van der Waals surface area (Å²) in [4.78, 5) is 39.8. The average Bonchev–Trinajstić information content (AvgIpc) is 3.42. The Hall–Kier alpha value is -3.59. The van der Waals surface area contributed by atoms with Gasteiger partial charge in [-0.25, -0.2) is 9.59 Å². The lowest BCUT2D eigenvalue weighted by Gasteiger charge is -2.30. The van der Waals surface area contributed by atoms with Crippen molar-refractivity contribution in [2.45, 2.75) is 45.1 Å². The minimum absolute atomic E-state index is 0.0506. The second-order valence-corrected chi connectivity index (χ2v) is 9.00. The highest BCUT2D eigenvalue weighted by Crippen LogP contribution is 2.27. The predicted octanol–water partition coefficient (Wildman–Crippen LogP) is 4.41. The molecule has 192 valence electrons. The van der Waals surface area contributed by atoms with Crippen molar-refractivity contribution >= 4 is 35.0 Å². The molecule has 1 atom stereocenters. The number of anilines is 3. The number of esters is 1. The Morgan fingerprint density at radius 3 is 2.39 bits per heavy atom. The van der Waals surface area contributed by atoms with E-state index >= 15 is 0 Å². The first-order valence-corrected chi connectivity index (χ1v) is 12.7. The summed E-state index contributed by atoms with van der Waals surface area (Å²) in [6, 6.07) is 11.4. The highest BCUT2D eigenvalue weighted by Gasteiger charge is 2.22. The smallest absolute Gasteiger partial charge is 0.338 e. The zero-order valence-corrected chi connectivity index (χ0v) is 20.7. The molecule has 2 aliphatic rings. The lowest BCUT2D eigenvalue weighted by Crippen LogP contribution is -2.35. The predicted molar refractivity (Wildman–Crippen MR) is 139 cm³/mol. The van der Waals surface area contributed by atoms with Crippen molar-refractivity contribution in [1.29, 1.82) is 0 Å². The van der Waals surface area contributed by atoms with Crippen molar-refractivity contribution in [3.05, 3.63) is 53.6 Å². The zero-order chi connectivity index (χ0) is 25.3. The van der Waals surface area contributed by atoms with E-state index in [-0.39, 0.29) is 12.0 Å². The third-order valence-electron chi connectivity index (χ3n) is 6.36. The summed E-state index contributed by atoms with van der Waals surface area (Å²) in [5.41, 5.74) is 2.86. The molecule has 3 N–H and O–H groups in total. The van der Waals surface area contributed by atoms with Gasteiger partial charge in [-0.1, -0.05) is 0 Å². The van der Waals surface area contributed by atoms with Gasteiger partial charge in [-0.05, 0) is 81.5 Å². The van der Waals surface area contributed by atoms with Crippen molar-refractivity contribution < 1.29 is 23.9 Å². The van der Waals surface area contributed by atoms with E-state index in [2.05, 4.69) is 20.9 Å². The van der Waals surface area contributed by atoms with Gasteiger partial charge in [-0.2, -0.15) is 0 Å². The molecular formula is C27H34N4O5. The van der Waals surface area contributed by atoms with Crippen LogP contribution in [0.2, 0.25) is 0 Å². The van der Waals surface area contributed by atoms with Crippen LogP contribution in [0.4, 0.5) is 21.9 Å². The number of amides is 3. The topological polar surface area (TPSA) is 109 Å². The van der Waals surface area contributed by atoms with Gasteiger partial charge in [0.1, 0.15) is 0 Å². The molecule has 0 saturated carbocycles. The van der Waals surface area contributed by atoms with Crippen LogP contribution in [-0.2, 0) is 9.47 Å². The fourth-order valence-corrected chi connectivity index (χ4v) is 4.51. The first-order chi connectivity index (χ1) is 17.5. The molecule has 36 heavy (non-hydrogen) atoms. The molecule has 0 bridgehead atoms. The molecule has 2 heterocycles. The summed E-state index contributed by atoms with van der Waals surface area (Å²) < 4.78 is 10.6. The number of nitrogens with one attached hydrogen (secondary N) is 3. The van der Waals surface area contributed by atoms with E-state index in [0.717, 1.165) is 51.1 Å². The molecule has 3 amide bonds. The maximum absolute atomic E-state index is 13.2. The van der Waals surface area contributed by atoms with Crippen LogP contribution in [0.15, 0.2) is 42.5 Å². The Morgan fingerprint density at radius 1 is 0.972 bits per heavy atom. The third-order valence-corrected chi connectivity index (χ3v) is 6.36. The summed E-state index contributed by atoms with van der Waals surface area (Å²) in [6.07, 6.45) is 5.39. The molecule has 0 radical (unpaired) electrons. The monoisotopic (exact) mass is 494 g/mol. The maximum Gasteiger partial charge on any atom is 0.338 e. The van der Waals surface area contributed by atoms with Crippen molar-refractivity contribution in [1.82, 2.24) is 5.32 Å². The van der Waals surface area contributed by atoms with E-state index in [9.17, 15) is 14.4 Å². The number of carbonyl (C=O) groups excluding carboxylic acids is 3. The number of urea groups is 1. The number of nitrogens with zero attached hydrogens (tertiary/aromatic N) is 1. The molecule has 2 aromatic carbocycles. The summed E-state index contributed by atoms with van der Waals surface area (Å²) in [6.45, 7) is 5.06. The average molecular weight is 495 g/mol. The quantitative estimate of drug-likeness (QED) is 0.469. The summed E-state index contributed by atoms with van der Waals surface area (Å²) in [5, 5.41) is 8.56. The van der Waals surface area contributed by atoms with Crippen LogP contribution in [-0.4, -0.2) is 56.9 Å². The lowest BCUT2D eigenvalue weighted by atomic mass is 10.1.